The van der Waals surface area contributed by atoms with Gasteiger partial charge in [-0.05, 0) is 37.5 Å². The molecule has 6 heteroatoms. The molecule has 1 aliphatic rings. The van der Waals surface area contributed by atoms with Gasteiger partial charge < -0.3 is 10.2 Å². The van der Waals surface area contributed by atoms with Crippen molar-refractivity contribution < 1.29 is 4.79 Å². The lowest BCUT2D eigenvalue weighted by Crippen LogP contribution is -2.48. The van der Waals surface area contributed by atoms with E-state index in [1.54, 1.807) is 24.2 Å². The van der Waals surface area contributed by atoms with E-state index in [0.717, 1.165) is 36.8 Å². The Morgan fingerprint density at radius 3 is 2.88 bits per heavy atom. The number of aryl methyl sites for hydroxylation is 1. The molecular formula is C18H22N4OS. The Morgan fingerprint density at radius 2 is 2.08 bits per heavy atom. The predicted molar refractivity (Wildman–Crippen MR) is 97.3 cm³/mol. The van der Waals surface area contributed by atoms with Crippen LogP contribution in [0.1, 0.15) is 18.4 Å². The molecule has 0 saturated carbocycles. The van der Waals surface area contributed by atoms with Crippen molar-refractivity contribution in [2.75, 3.05) is 23.7 Å². The highest BCUT2D eigenvalue weighted by Gasteiger charge is 2.22. The molecule has 5 nitrogen and oxygen atoms in total. The topological polar surface area (TPSA) is 58.1 Å². The molecule has 126 valence electrons. The molecule has 1 atom stereocenters. The Balaban J connectivity index is 1.50. The number of amides is 1. The van der Waals surface area contributed by atoms with Crippen LogP contribution in [0.25, 0.3) is 0 Å². The first-order chi connectivity index (χ1) is 11.7. The molecule has 0 bridgehead atoms. The van der Waals surface area contributed by atoms with Crippen LogP contribution >= 0.6 is 11.8 Å². The number of hydrogen-bond acceptors (Lipinski definition) is 5. The first-order valence-electron chi connectivity index (χ1n) is 8.22. The second kappa shape index (κ2) is 8.15. The molecule has 1 aromatic heterocycles. The molecule has 1 fully saturated rings. The van der Waals surface area contributed by atoms with Crippen LogP contribution in [0.2, 0.25) is 0 Å². The zero-order valence-electron chi connectivity index (χ0n) is 13.8. The summed E-state index contributed by atoms with van der Waals surface area (Å²) < 4.78 is 0. The number of aromatic nitrogens is 2. The van der Waals surface area contributed by atoms with Gasteiger partial charge in [-0.2, -0.15) is 0 Å². The third-order valence-corrected chi connectivity index (χ3v) is 5.25. The summed E-state index contributed by atoms with van der Waals surface area (Å²) in [6, 6.07) is 10.1. The van der Waals surface area contributed by atoms with Gasteiger partial charge in [0.05, 0.1) is 5.75 Å². The lowest BCUT2D eigenvalue weighted by atomic mass is 10.1. The Hall–Kier alpha value is -2.08. The van der Waals surface area contributed by atoms with Crippen molar-refractivity contribution in [2.45, 2.75) is 30.7 Å². The number of carbonyl (C=O) groups is 1. The molecule has 1 aliphatic heterocycles. The van der Waals surface area contributed by atoms with Gasteiger partial charge in [0.2, 0.25) is 11.9 Å². The van der Waals surface area contributed by atoms with E-state index in [2.05, 4.69) is 39.2 Å². The van der Waals surface area contributed by atoms with Crippen LogP contribution < -0.4 is 10.2 Å². The van der Waals surface area contributed by atoms with Gasteiger partial charge in [0.25, 0.3) is 0 Å². The fraction of sp³-hybridized carbons (Fsp3) is 0.389. The van der Waals surface area contributed by atoms with Gasteiger partial charge in [-0.3, -0.25) is 4.79 Å². The molecule has 1 saturated heterocycles. The van der Waals surface area contributed by atoms with Gasteiger partial charge in [-0.15, -0.1) is 11.8 Å². The average molecular weight is 342 g/mol. The normalized spacial score (nSPS) is 17.5. The number of rotatable bonds is 5. The predicted octanol–water partition coefficient (Wildman–Crippen LogP) is 2.66. The van der Waals surface area contributed by atoms with Crippen LogP contribution in [0.4, 0.5) is 5.95 Å². The maximum absolute atomic E-state index is 12.3. The Bertz CT molecular complexity index is 680. The first kappa shape index (κ1) is 16.8. The van der Waals surface area contributed by atoms with E-state index in [1.165, 1.54) is 5.56 Å². The summed E-state index contributed by atoms with van der Waals surface area (Å²) in [6.07, 6.45) is 5.55. The number of thioether (sulfide) groups is 1. The molecule has 2 aromatic rings. The summed E-state index contributed by atoms with van der Waals surface area (Å²) in [7, 11) is 0. The maximum Gasteiger partial charge on any atom is 0.230 e. The molecule has 0 radical (unpaired) electrons. The number of nitrogens with zero attached hydrogens (tertiary/aromatic N) is 3. The smallest absolute Gasteiger partial charge is 0.230 e. The third-order valence-electron chi connectivity index (χ3n) is 4.07. The minimum absolute atomic E-state index is 0.0871. The van der Waals surface area contributed by atoms with E-state index < -0.39 is 0 Å². The van der Waals surface area contributed by atoms with E-state index in [9.17, 15) is 4.79 Å². The Labute approximate surface area is 146 Å². The van der Waals surface area contributed by atoms with E-state index in [1.807, 2.05) is 18.2 Å². The minimum atomic E-state index is 0.0871. The summed E-state index contributed by atoms with van der Waals surface area (Å²) in [5.74, 6) is 1.28. The Morgan fingerprint density at radius 1 is 1.29 bits per heavy atom. The quantitative estimate of drug-likeness (QED) is 0.847. The van der Waals surface area contributed by atoms with E-state index in [0.29, 0.717) is 5.75 Å². The molecular weight excluding hydrogens is 320 g/mol. The highest BCUT2D eigenvalue weighted by atomic mass is 32.2. The zero-order chi connectivity index (χ0) is 16.8. The van der Waals surface area contributed by atoms with Gasteiger partial charge >= 0.3 is 0 Å². The fourth-order valence-electron chi connectivity index (χ4n) is 2.86. The minimum Gasteiger partial charge on any atom is -0.351 e. The van der Waals surface area contributed by atoms with Crippen molar-refractivity contribution in [3.05, 3.63) is 48.3 Å². The highest BCUT2D eigenvalue weighted by molar-refractivity contribution is 8.00. The van der Waals surface area contributed by atoms with Crippen molar-refractivity contribution in [1.29, 1.82) is 0 Å². The summed E-state index contributed by atoms with van der Waals surface area (Å²) >= 11 is 1.59. The molecule has 0 unspecified atom stereocenters. The Kier molecular flexibility index (Phi) is 5.69. The number of benzene rings is 1. The van der Waals surface area contributed by atoms with Gasteiger partial charge in [0.1, 0.15) is 0 Å². The van der Waals surface area contributed by atoms with Gasteiger partial charge in [-0.1, -0.05) is 18.2 Å². The van der Waals surface area contributed by atoms with Crippen LogP contribution in [0.5, 0.6) is 0 Å². The van der Waals surface area contributed by atoms with E-state index >= 15 is 0 Å². The summed E-state index contributed by atoms with van der Waals surface area (Å²) in [4.78, 5) is 24.2. The SMILES string of the molecule is Cc1ccccc1SCC(=O)N[C@@H]1CCCN(c2ncccn2)C1. The van der Waals surface area contributed by atoms with Crippen molar-refractivity contribution in [3.8, 4) is 0 Å². The lowest BCUT2D eigenvalue weighted by Gasteiger charge is -2.33. The van der Waals surface area contributed by atoms with Gasteiger partial charge in [0.15, 0.2) is 0 Å². The van der Waals surface area contributed by atoms with Gasteiger partial charge in [0, 0.05) is 36.4 Å². The van der Waals surface area contributed by atoms with Crippen molar-refractivity contribution in [1.82, 2.24) is 15.3 Å². The lowest BCUT2D eigenvalue weighted by molar-refractivity contribution is -0.119. The number of anilines is 1. The number of carbonyl (C=O) groups excluding carboxylic acids is 1. The third kappa shape index (κ3) is 4.47. The molecule has 2 heterocycles. The zero-order valence-corrected chi connectivity index (χ0v) is 14.6. The molecule has 1 amide bonds. The number of hydrogen-bond donors (Lipinski definition) is 1. The largest absolute Gasteiger partial charge is 0.351 e. The fourth-order valence-corrected chi connectivity index (χ4v) is 3.70. The van der Waals surface area contributed by atoms with Crippen LogP contribution in [0.3, 0.4) is 0 Å². The highest BCUT2D eigenvalue weighted by Crippen LogP contribution is 2.21. The van der Waals surface area contributed by atoms with E-state index in [4.69, 9.17) is 0 Å². The maximum atomic E-state index is 12.3. The number of piperidine rings is 1. The second-order valence-corrected chi connectivity index (χ2v) is 6.97. The monoisotopic (exact) mass is 342 g/mol. The summed E-state index contributed by atoms with van der Waals surface area (Å²) in [5, 5.41) is 3.15. The second-order valence-electron chi connectivity index (χ2n) is 5.96. The molecule has 0 spiro atoms. The molecule has 3 rings (SSSR count). The summed E-state index contributed by atoms with van der Waals surface area (Å²) in [6.45, 7) is 3.78. The number of nitrogens with one attached hydrogen (secondary N) is 1. The molecule has 1 N–H and O–H groups in total. The molecule has 24 heavy (non-hydrogen) atoms. The van der Waals surface area contributed by atoms with Crippen molar-refractivity contribution in [2.24, 2.45) is 0 Å². The summed E-state index contributed by atoms with van der Waals surface area (Å²) in [5.41, 5.74) is 1.21. The van der Waals surface area contributed by atoms with E-state index in [-0.39, 0.29) is 11.9 Å². The van der Waals surface area contributed by atoms with Crippen LogP contribution in [-0.4, -0.2) is 40.8 Å². The van der Waals surface area contributed by atoms with Crippen LogP contribution in [0.15, 0.2) is 47.6 Å². The van der Waals surface area contributed by atoms with Crippen molar-refractivity contribution >= 4 is 23.6 Å². The van der Waals surface area contributed by atoms with Gasteiger partial charge in [-0.25, -0.2) is 9.97 Å². The first-order valence-corrected chi connectivity index (χ1v) is 9.20. The van der Waals surface area contributed by atoms with Crippen LogP contribution in [-0.2, 0) is 4.79 Å². The molecule has 0 aliphatic carbocycles. The van der Waals surface area contributed by atoms with Crippen molar-refractivity contribution in [3.63, 3.8) is 0 Å². The van der Waals surface area contributed by atoms with Crippen LogP contribution in [0, 0.1) is 6.92 Å². The average Bonchev–Trinajstić information content (AvgIpc) is 2.62. The standard InChI is InChI=1S/C18H22N4OS/c1-14-6-2-3-8-16(14)24-13-17(23)21-15-7-4-11-22(12-15)18-19-9-5-10-20-18/h2-3,5-6,8-10,15H,4,7,11-13H2,1H3,(H,21,23)/t15-/m1/s1. The molecule has 1 aromatic carbocycles.